The second-order valence-electron chi connectivity index (χ2n) is 6.84. The number of rotatable bonds is 6. The second kappa shape index (κ2) is 8.54. The molecular formula is C18H24N4O4S2. The minimum atomic E-state index is -3.74. The number of sulfonamides is 1. The van der Waals surface area contributed by atoms with Crippen LogP contribution in [0.3, 0.4) is 0 Å². The van der Waals surface area contributed by atoms with Crippen molar-refractivity contribution in [1.29, 1.82) is 0 Å². The molecule has 0 saturated carbocycles. The predicted molar refractivity (Wildman–Crippen MR) is 109 cm³/mol. The molecule has 1 N–H and O–H groups in total. The van der Waals surface area contributed by atoms with Crippen LogP contribution in [0.15, 0.2) is 23.1 Å². The van der Waals surface area contributed by atoms with Crippen LogP contribution in [-0.2, 0) is 16.6 Å². The highest BCUT2D eigenvalue weighted by molar-refractivity contribution is 7.89. The first kappa shape index (κ1) is 20.7. The van der Waals surface area contributed by atoms with Crippen LogP contribution < -0.4 is 5.32 Å². The number of nitrogens with one attached hydrogen (secondary N) is 1. The van der Waals surface area contributed by atoms with E-state index in [-0.39, 0.29) is 16.3 Å². The van der Waals surface area contributed by atoms with E-state index in [0.29, 0.717) is 19.6 Å². The fourth-order valence-corrected chi connectivity index (χ4v) is 5.69. The smallest absolute Gasteiger partial charge is 0.293 e. The van der Waals surface area contributed by atoms with Crippen LogP contribution in [0.2, 0.25) is 0 Å². The standard InChI is InChI=1S/C18H24N4O4S2/c1-13-17(20-14(2)27-13)12-19-16-8-7-15(11-18(16)22(23)24)28(25,26)21-9-5-3-4-6-10-21/h7-8,11,19H,3-6,9-10,12H2,1-2H3. The summed E-state index contributed by atoms with van der Waals surface area (Å²) in [7, 11) is -3.74. The van der Waals surface area contributed by atoms with Gasteiger partial charge in [0, 0.05) is 24.0 Å². The van der Waals surface area contributed by atoms with Gasteiger partial charge in [-0.1, -0.05) is 12.8 Å². The number of hydrogen-bond acceptors (Lipinski definition) is 7. The molecule has 2 heterocycles. The van der Waals surface area contributed by atoms with Crippen molar-refractivity contribution in [3.05, 3.63) is 43.9 Å². The Morgan fingerprint density at radius 2 is 1.89 bits per heavy atom. The summed E-state index contributed by atoms with van der Waals surface area (Å²) < 4.78 is 27.3. The molecular weight excluding hydrogens is 400 g/mol. The molecule has 0 spiro atoms. The Balaban J connectivity index is 1.86. The first-order valence-electron chi connectivity index (χ1n) is 9.24. The van der Waals surface area contributed by atoms with Crippen molar-refractivity contribution >= 4 is 32.7 Å². The van der Waals surface area contributed by atoms with Gasteiger partial charge >= 0.3 is 0 Å². The highest BCUT2D eigenvalue weighted by Gasteiger charge is 2.28. The van der Waals surface area contributed by atoms with Crippen molar-refractivity contribution < 1.29 is 13.3 Å². The van der Waals surface area contributed by atoms with E-state index in [9.17, 15) is 18.5 Å². The molecule has 8 nitrogen and oxygen atoms in total. The lowest BCUT2D eigenvalue weighted by atomic mass is 10.2. The summed E-state index contributed by atoms with van der Waals surface area (Å²) in [5, 5.41) is 15.5. The van der Waals surface area contributed by atoms with Crippen molar-refractivity contribution in [3.63, 3.8) is 0 Å². The highest BCUT2D eigenvalue weighted by Crippen LogP contribution is 2.30. The minimum Gasteiger partial charge on any atom is -0.374 e. The summed E-state index contributed by atoms with van der Waals surface area (Å²) in [6, 6.07) is 4.06. The van der Waals surface area contributed by atoms with Gasteiger partial charge in [-0.3, -0.25) is 10.1 Å². The molecule has 2 aromatic rings. The maximum atomic E-state index is 12.9. The minimum absolute atomic E-state index is 0.0349. The van der Waals surface area contributed by atoms with Crippen LogP contribution in [0.4, 0.5) is 11.4 Å². The third-order valence-corrected chi connectivity index (χ3v) is 7.64. The number of aromatic nitrogens is 1. The van der Waals surface area contributed by atoms with E-state index < -0.39 is 14.9 Å². The summed E-state index contributed by atoms with van der Waals surface area (Å²) in [5.74, 6) is 0. The molecule has 0 radical (unpaired) electrons. The van der Waals surface area contributed by atoms with Crippen LogP contribution in [0.25, 0.3) is 0 Å². The van der Waals surface area contributed by atoms with Gasteiger partial charge in [-0.15, -0.1) is 11.3 Å². The summed E-state index contributed by atoms with van der Waals surface area (Å²) in [6.07, 6.45) is 3.63. The first-order chi connectivity index (χ1) is 13.3. The fraction of sp³-hybridized carbons (Fsp3) is 0.500. The summed E-state index contributed by atoms with van der Waals surface area (Å²) in [4.78, 5) is 16.4. The van der Waals surface area contributed by atoms with Crippen molar-refractivity contribution in [2.24, 2.45) is 0 Å². The number of aryl methyl sites for hydroxylation is 2. The number of benzene rings is 1. The molecule has 1 aromatic heterocycles. The Morgan fingerprint density at radius 1 is 1.21 bits per heavy atom. The maximum Gasteiger partial charge on any atom is 0.293 e. The van der Waals surface area contributed by atoms with Gasteiger partial charge in [0.25, 0.3) is 5.69 Å². The van der Waals surface area contributed by atoms with Gasteiger partial charge in [-0.25, -0.2) is 13.4 Å². The molecule has 0 bridgehead atoms. The van der Waals surface area contributed by atoms with E-state index in [2.05, 4.69) is 10.3 Å². The second-order valence-corrected chi connectivity index (χ2v) is 10.2. The molecule has 28 heavy (non-hydrogen) atoms. The van der Waals surface area contributed by atoms with E-state index in [0.717, 1.165) is 47.3 Å². The maximum absolute atomic E-state index is 12.9. The first-order valence-corrected chi connectivity index (χ1v) is 11.5. The largest absolute Gasteiger partial charge is 0.374 e. The number of nitro benzene ring substituents is 1. The Bertz CT molecular complexity index is 964. The zero-order valence-electron chi connectivity index (χ0n) is 16.0. The molecule has 0 aliphatic carbocycles. The zero-order valence-corrected chi connectivity index (χ0v) is 17.6. The lowest BCUT2D eigenvalue weighted by molar-refractivity contribution is -0.384. The van der Waals surface area contributed by atoms with E-state index in [4.69, 9.17) is 0 Å². The van der Waals surface area contributed by atoms with Crippen molar-refractivity contribution in [2.75, 3.05) is 18.4 Å². The van der Waals surface area contributed by atoms with E-state index in [1.807, 2.05) is 13.8 Å². The van der Waals surface area contributed by atoms with E-state index >= 15 is 0 Å². The van der Waals surface area contributed by atoms with Gasteiger partial charge in [0.15, 0.2) is 0 Å². The van der Waals surface area contributed by atoms with Crippen LogP contribution in [0, 0.1) is 24.0 Å². The molecule has 0 atom stereocenters. The molecule has 1 aliphatic heterocycles. The Hall–Kier alpha value is -2.04. The van der Waals surface area contributed by atoms with Crippen molar-refractivity contribution in [3.8, 4) is 0 Å². The molecule has 0 unspecified atom stereocenters. The average molecular weight is 425 g/mol. The molecule has 10 heteroatoms. The Kier molecular flexibility index (Phi) is 6.31. The van der Waals surface area contributed by atoms with Crippen molar-refractivity contribution in [1.82, 2.24) is 9.29 Å². The van der Waals surface area contributed by atoms with Gasteiger partial charge in [0.2, 0.25) is 10.0 Å². The van der Waals surface area contributed by atoms with Gasteiger partial charge in [0.1, 0.15) is 5.69 Å². The number of nitro groups is 1. The topological polar surface area (TPSA) is 105 Å². The summed E-state index contributed by atoms with van der Waals surface area (Å²) >= 11 is 1.57. The molecule has 152 valence electrons. The van der Waals surface area contributed by atoms with E-state index in [1.165, 1.54) is 16.4 Å². The Labute approximate surface area is 168 Å². The molecule has 1 aliphatic rings. The molecule has 1 fully saturated rings. The lowest BCUT2D eigenvalue weighted by Crippen LogP contribution is -2.32. The number of thiazole rings is 1. The van der Waals surface area contributed by atoms with Crippen LogP contribution in [0.5, 0.6) is 0 Å². The fourth-order valence-electron chi connectivity index (χ4n) is 3.32. The highest BCUT2D eigenvalue weighted by atomic mass is 32.2. The van der Waals surface area contributed by atoms with Gasteiger partial charge in [0.05, 0.1) is 27.1 Å². The molecule has 1 saturated heterocycles. The zero-order chi connectivity index (χ0) is 20.3. The van der Waals surface area contributed by atoms with Crippen molar-refractivity contribution in [2.45, 2.75) is 51.0 Å². The molecule has 3 rings (SSSR count). The van der Waals surface area contributed by atoms with Gasteiger partial charge in [-0.05, 0) is 38.8 Å². The van der Waals surface area contributed by atoms with Gasteiger partial charge in [-0.2, -0.15) is 4.31 Å². The SMILES string of the molecule is Cc1nc(CNc2ccc(S(=O)(=O)N3CCCCCC3)cc2[N+](=O)[O-])c(C)s1. The third-order valence-electron chi connectivity index (χ3n) is 4.81. The number of anilines is 1. The van der Waals surface area contributed by atoms with Gasteiger partial charge < -0.3 is 5.32 Å². The number of nitrogens with zero attached hydrogens (tertiary/aromatic N) is 3. The van der Waals surface area contributed by atoms with Crippen LogP contribution in [0.1, 0.15) is 41.3 Å². The lowest BCUT2D eigenvalue weighted by Gasteiger charge is -2.20. The molecule has 0 amide bonds. The normalized spacial score (nSPS) is 15.9. The summed E-state index contributed by atoms with van der Waals surface area (Å²) in [5.41, 5.74) is 0.864. The van der Waals surface area contributed by atoms with Crippen LogP contribution in [-0.4, -0.2) is 35.7 Å². The predicted octanol–water partition coefficient (Wildman–Crippen LogP) is 3.84. The third kappa shape index (κ3) is 4.50. The average Bonchev–Trinajstić information content (AvgIpc) is 2.85. The summed E-state index contributed by atoms with van der Waals surface area (Å²) in [6.45, 7) is 5.12. The van der Waals surface area contributed by atoms with Crippen LogP contribution >= 0.6 is 11.3 Å². The van der Waals surface area contributed by atoms with E-state index in [1.54, 1.807) is 11.3 Å². The Morgan fingerprint density at radius 3 is 2.46 bits per heavy atom. The quantitative estimate of drug-likeness (QED) is 0.558. The monoisotopic (exact) mass is 424 g/mol. The molecule has 1 aromatic carbocycles. The number of hydrogen-bond donors (Lipinski definition) is 1.